The van der Waals surface area contributed by atoms with Gasteiger partial charge in [0.15, 0.2) is 0 Å². The average molecular weight is 505 g/mol. The molecule has 0 radical (unpaired) electrons. The summed E-state index contributed by atoms with van der Waals surface area (Å²) >= 11 is 0. The van der Waals surface area contributed by atoms with E-state index in [4.69, 9.17) is 0 Å². The van der Waals surface area contributed by atoms with Crippen molar-refractivity contribution in [3.8, 4) is 34.1 Å². The Kier molecular flexibility index (Phi) is 8.08. The molecule has 4 aromatic rings. The van der Waals surface area contributed by atoms with Gasteiger partial charge in [-0.1, -0.05) is 92.1 Å². The Bertz CT molecular complexity index is 1380. The molecule has 4 rings (SSSR count). The van der Waals surface area contributed by atoms with E-state index in [1.54, 1.807) is 0 Å². The Labute approximate surface area is 213 Å². The molecule has 0 fully saturated rings. The van der Waals surface area contributed by atoms with Crippen LogP contribution in [0.2, 0.25) is 0 Å². The number of aryl methyl sites for hydroxylation is 3. The van der Waals surface area contributed by atoms with Crippen LogP contribution >= 0.6 is 0 Å². The molecule has 0 aromatic heterocycles. The molecule has 188 valence electrons. The fourth-order valence-electron chi connectivity index (χ4n) is 4.18. The molecule has 37 heavy (non-hydrogen) atoms. The SMILES string of the molecule is CCCc1ccc(-c2ccc(-c3ccc(CCc4cc(F)c(C#CC(F)(F)F)c(F)c4)cc3)cc2)cc1. The van der Waals surface area contributed by atoms with Crippen LogP contribution in [0.25, 0.3) is 22.3 Å². The standard InChI is InChI=1S/C32H25F5/c1-2-3-22-6-10-25(11-7-22)27-14-16-28(17-15-27)26-12-8-23(9-13-26)4-5-24-20-30(33)29(31(34)21-24)18-19-32(35,36)37/h6-17,20-21H,2-5H2,1H3. The van der Waals surface area contributed by atoms with Gasteiger partial charge < -0.3 is 0 Å². The van der Waals surface area contributed by atoms with Gasteiger partial charge in [0, 0.05) is 5.92 Å². The van der Waals surface area contributed by atoms with Gasteiger partial charge in [0.25, 0.3) is 0 Å². The Morgan fingerprint density at radius 3 is 1.35 bits per heavy atom. The Morgan fingerprint density at radius 1 is 0.568 bits per heavy atom. The van der Waals surface area contributed by atoms with Crippen molar-refractivity contribution in [2.45, 2.75) is 38.8 Å². The van der Waals surface area contributed by atoms with Crippen LogP contribution in [-0.4, -0.2) is 6.18 Å². The van der Waals surface area contributed by atoms with Crippen molar-refractivity contribution >= 4 is 0 Å². The summed E-state index contributed by atoms with van der Waals surface area (Å²) < 4.78 is 65.0. The number of hydrogen-bond acceptors (Lipinski definition) is 0. The Hall–Kier alpha value is -3.91. The first-order valence-electron chi connectivity index (χ1n) is 12.1. The van der Waals surface area contributed by atoms with Crippen molar-refractivity contribution in [3.05, 3.63) is 119 Å². The maximum absolute atomic E-state index is 14.1. The number of benzene rings is 4. The smallest absolute Gasteiger partial charge is 0.206 e. The zero-order valence-corrected chi connectivity index (χ0v) is 20.3. The van der Waals surface area contributed by atoms with Crippen molar-refractivity contribution < 1.29 is 22.0 Å². The predicted molar refractivity (Wildman–Crippen MR) is 138 cm³/mol. The highest BCUT2D eigenvalue weighted by Gasteiger charge is 2.23. The van der Waals surface area contributed by atoms with Crippen LogP contribution in [-0.2, 0) is 19.3 Å². The van der Waals surface area contributed by atoms with E-state index in [0.29, 0.717) is 18.4 Å². The van der Waals surface area contributed by atoms with E-state index in [9.17, 15) is 22.0 Å². The molecule has 5 heteroatoms. The van der Waals surface area contributed by atoms with Crippen LogP contribution in [0.4, 0.5) is 22.0 Å². The lowest BCUT2D eigenvalue weighted by molar-refractivity contribution is -0.0696. The highest BCUT2D eigenvalue weighted by Crippen LogP contribution is 2.26. The summed E-state index contributed by atoms with van der Waals surface area (Å²) in [5, 5.41) is 0. The molecule has 0 spiro atoms. The first-order valence-corrected chi connectivity index (χ1v) is 12.1. The highest BCUT2D eigenvalue weighted by atomic mass is 19.4. The topological polar surface area (TPSA) is 0 Å². The molecule has 0 heterocycles. The third-order valence-corrected chi connectivity index (χ3v) is 6.13. The third kappa shape index (κ3) is 7.07. The van der Waals surface area contributed by atoms with Gasteiger partial charge in [-0.3, -0.25) is 0 Å². The van der Waals surface area contributed by atoms with Gasteiger partial charge in [-0.05, 0) is 70.3 Å². The summed E-state index contributed by atoms with van der Waals surface area (Å²) in [5.41, 5.74) is 6.27. The lowest BCUT2D eigenvalue weighted by Gasteiger charge is -2.08. The number of rotatable bonds is 7. The molecule has 0 bridgehead atoms. The summed E-state index contributed by atoms with van der Waals surface area (Å²) in [6, 6.07) is 27.0. The van der Waals surface area contributed by atoms with Crippen molar-refractivity contribution in [2.24, 2.45) is 0 Å². The molecule has 0 aliphatic rings. The molecule has 0 aliphatic heterocycles. The van der Waals surface area contributed by atoms with Crippen LogP contribution in [0.3, 0.4) is 0 Å². The minimum Gasteiger partial charge on any atom is -0.206 e. The van der Waals surface area contributed by atoms with Crippen molar-refractivity contribution in [1.82, 2.24) is 0 Å². The molecule has 0 saturated carbocycles. The van der Waals surface area contributed by atoms with Gasteiger partial charge >= 0.3 is 6.18 Å². The zero-order valence-electron chi connectivity index (χ0n) is 20.3. The van der Waals surface area contributed by atoms with Gasteiger partial charge in [0.05, 0.1) is 5.56 Å². The highest BCUT2D eigenvalue weighted by molar-refractivity contribution is 5.70. The summed E-state index contributed by atoms with van der Waals surface area (Å²) in [5.74, 6) is 0.252. The normalized spacial score (nSPS) is 11.2. The molecular weight excluding hydrogens is 479 g/mol. The average Bonchev–Trinajstić information content (AvgIpc) is 2.87. The summed E-state index contributed by atoms with van der Waals surface area (Å²) in [6.07, 6.45) is -1.74. The van der Waals surface area contributed by atoms with E-state index in [0.717, 1.165) is 53.1 Å². The minimum absolute atomic E-state index is 0.339. The minimum atomic E-state index is -4.81. The van der Waals surface area contributed by atoms with Crippen molar-refractivity contribution in [1.29, 1.82) is 0 Å². The van der Waals surface area contributed by atoms with Crippen molar-refractivity contribution in [3.63, 3.8) is 0 Å². The third-order valence-electron chi connectivity index (χ3n) is 6.13. The van der Waals surface area contributed by atoms with E-state index >= 15 is 0 Å². The largest absolute Gasteiger partial charge is 0.458 e. The van der Waals surface area contributed by atoms with Gasteiger partial charge in [-0.25, -0.2) is 8.78 Å². The summed E-state index contributed by atoms with van der Waals surface area (Å²) in [4.78, 5) is 0. The van der Waals surface area contributed by atoms with Gasteiger partial charge in [-0.15, -0.1) is 0 Å². The molecular formula is C32H25F5. The first-order chi connectivity index (χ1) is 17.7. The monoisotopic (exact) mass is 504 g/mol. The van der Waals surface area contributed by atoms with Crippen molar-refractivity contribution in [2.75, 3.05) is 0 Å². The van der Waals surface area contributed by atoms with Crippen LogP contribution in [0.5, 0.6) is 0 Å². The Morgan fingerprint density at radius 2 is 0.946 bits per heavy atom. The predicted octanol–water partition coefficient (Wildman–Crippen LogP) is 8.95. The van der Waals surface area contributed by atoms with E-state index in [1.807, 2.05) is 24.3 Å². The van der Waals surface area contributed by atoms with Gasteiger partial charge in [0.1, 0.15) is 11.6 Å². The fourth-order valence-corrected chi connectivity index (χ4v) is 4.18. The Balaban J connectivity index is 1.40. The lowest BCUT2D eigenvalue weighted by Crippen LogP contribution is -2.03. The van der Waals surface area contributed by atoms with E-state index in [2.05, 4.69) is 55.5 Å². The molecule has 0 unspecified atom stereocenters. The van der Waals surface area contributed by atoms with Crippen LogP contribution in [0.15, 0.2) is 84.9 Å². The van der Waals surface area contributed by atoms with Gasteiger partial charge in [-0.2, -0.15) is 13.2 Å². The zero-order chi connectivity index (χ0) is 26.4. The summed E-state index contributed by atoms with van der Waals surface area (Å²) in [6.45, 7) is 2.17. The van der Waals surface area contributed by atoms with Crippen LogP contribution < -0.4 is 0 Å². The lowest BCUT2D eigenvalue weighted by atomic mass is 9.97. The maximum atomic E-state index is 14.1. The second kappa shape index (κ2) is 11.4. The van der Waals surface area contributed by atoms with Gasteiger partial charge in [0.2, 0.25) is 0 Å². The second-order valence-electron chi connectivity index (χ2n) is 8.90. The molecule has 0 atom stereocenters. The molecule has 0 N–H and O–H groups in total. The van der Waals surface area contributed by atoms with E-state index in [1.165, 1.54) is 17.0 Å². The number of alkyl halides is 3. The molecule has 0 aliphatic carbocycles. The molecule has 0 nitrogen and oxygen atoms in total. The fraction of sp³-hybridized carbons (Fsp3) is 0.188. The maximum Gasteiger partial charge on any atom is 0.458 e. The number of hydrogen-bond donors (Lipinski definition) is 0. The van der Waals surface area contributed by atoms with E-state index < -0.39 is 23.4 Å². The quantitative estimate of drug-likeness (QED) is 0.174. The van der Waals surface area contributed by atoms with Crippen LogP contribution in [0.1, 0.15) is 35.6 Å². The molecule has 4 aromatic carbocycles. The van der Waals surface area contributed by atoms with Crippen LogP contribution in [0, 0.1) is 23.5 Å². The first kappa shape index (κ1) is 26.2. The van der Waals surface area contributed by atoms with E-state index in [-0.39, 0.29) is 0 Å². The summed E-state index contributed by atoms with van der Waals surface area (Å²) in [7, 11) is 0. The second-order valence-corrected chi connectivity index (χ2v) is 8.90. The molecule has 0 saturated heterocycles. The number of halogens is 5. The molecule has 0 amide bonds.